The zero-order valence-corrected chi connectivity index (χ0v) is 18.9. The lowest BCUT2D eigenvalue weighted by Crippen LogP contribution is -2.24. The van der Waals surface area contributed by atoms with E-state index in [1.54, 1.807) is 36.4 Å². The van der Waals surface area contributed by atoms with E-state index in [-0.39, 0.29) is 28.3 Å². The number of fused-ring (bicyclic) bond motifs is 1. The first-order chi connectivity index (χ1) is 15.7. The van der Waals surface area contributed by atoms with Gasteiger partial charge in [0, 0.05) is 17.9 Å². The Balaban J connectivity index is 1.65. The van der Waals surface area contributed by atoms with Gasteiger partial charge < -0.3 is 0 Å². The maximum atomic E-state index is 14.1. The highest BCUT2D eigenvalue weighted by Gasteiger charge is 2.14. The minimum atomic E-state index is -3.79. The topological polar surface area (TPSA) is 95.1 Å². The fourth-order valence-electron chi connectivity index (χ4n) is 3.34. The van der Waals surface area contributed by atoms with Crippen LogP contribution in [0.4, 0.5) is 8.78 Å². The molecule has 1 aromatic heterocycles. The van der Waals surface area contributed by atoms with Crippen molar-refractivity contribution in [2.75, 3.05) is 0 Å². The van der Waals surface area contributed by atoms with E-state index in [0.717, 1.165) is 23.4 Å². The van der Waals surface area contributed by atoms with Crippen LogP contribution in [0.15, 0.2) is 81.6 Å². The van der Waals surface area contributed by atoms with Crippen molar-refractivity contribution in [3.63, 3.8) is 0 Å². The Kier molecular flexibility index (Phi) is 6.59. The standard InChI is InChI=1S/C23H19F2N3O3S2/c24-19-6-3-4-16(21(19)25)14-32-23-27-20-7-2-1-5-18(20)22(29)28(23)13-12-15-8-10-17(11-9-15)33(26,30)31/h1-11H,12-14H2,(H2,26,30,31). The molecule has 0 bridgehead atoms. The molecule has 170 valence electrons. The zero-order valence-electron chi connectivity index (χ0n) is 17.2. The van der Waals surface area contributed by atoms with E-state index in [4.69, 9.17) is 5.14 Å². The number of nitrogens with two attached hydrogens (primary N) is 1. The number of sulfonamides is 1. The van der Waals surface area contributed by atoms with Gasteiger partial charge in [-0.15, -0.1) is 0 Å². The number of halogens is 2. The van der Waals surface area contributed by atoms with E-state index in [1.807, 2.05) is 0 Å². The van der Waals surface area contributed by atoms with Crippen molar-refractivity contribution in [1.82, 2.24) is 9.55 Å². The fourth-order valence-corrected chi connectivity index (χ4v) is 4.86. The minimum Gasteiger partial charge on any atom is -0.287 e. The molecule has 0 amide bonds. The van der Waals surface area contributed by atoms with Crippen LogP contribution in [-0.4, -0.2) is 18.0 Å². The Morgan fingerprint density at radius 1 is 0.970 bits per heavy atom. The maximum absolute atomic E-state index is 14.1. The lowest BCUT2D eigenvalue weighted by Gasteiger charge is -2.14. The molecule has 2 N–H and O–H groups in total. The van der Waals surface area contributed by atoms with Gasteiger partial charge in [-0.2, -0.15) is 0 Å². The normalized spacial score (nSPS) is 11.7. The van der Waals surface area contributed by atoms with Gasteiger partial charge in [0.05, 0.1) is 15.8 Å². The lowest BCUT2D eigenvalue weighted by atomic mass is 10.1. The van der Waals surface area contributed by atoms with Crippen molar-refractivity contribution >= 4 is 32.7 Å². The first-order valence-electron chi connectivity index (χ1n) is 9.91. The number of benzene rings is 3. The van der Waals surface area contributed by atoms with Gasteiger partial charge in [-0.1, -0.05) is 48.2 Å². The number of aromatic nitrogens is 2. The molecule has 0 unspecified atom stereocenters. The maximum Gasteiger partial charge on any atom is 0.262 e. The molecule has 0 aliphatic heterocycles. The molecule has 4 rings (SSSR count). The molecule has 0 fully saturated rings. The summed E-state index contributed by atoms with van der Waals surface area (Å²) >= 11 is 1.14. The molecule has 0 aliphatic rings. The van der Waals surface area contributed by atoms with Crippen molar-refractivity contribution in [2.45, 2.75) is 28.8 Å². The summed E-state index contributed by atoms with van der Waals surface area (Å²) in [5.74, 6) is -1.76. The van der Waals surface area contributed by atoms with Gasteiger partial charge in [0.1, 0.15) is 0 Å². The minimum absolute atomic E-state index is 0.00385. The van der Waals surface area contributed by atoms with Gasteiger partial charge >= 0.3 is 0 Å². The SMILES string of the molecule is NS(=O)(=O)c1ccc(CCn2c(SCc3cccc(F)c3F)nc3ccccc3c2=O)cc1. The highest BCUT2D eigenvalue weighted by Crippen LogP contribution is 2.25. The molecular formula is C23H19F2N3O3S2. The average Bonchev–Trinajstić information content (AvgIpc) is 2.79. The van der Waals surface area contributed by atoms with Crippen LogP contribution in [0.3, 0.4) is 0 Å². The second-order valence-corrected chi connectivity index (χ2v) is 9.81. The van der Waals surface area contributed by atoms with E-state index in [2.05, 4.69) is 4.98 Å². The van der Waals surface area contributed by atoms with Gasteiger partial charge in [0.15, 0.2) is 16.8 Å². The van der Waals surface area contributed by atoms with E-state index < -0.39 is 21.7 Å². The summed E-state index contributed by atoms with van der Waals surface area (Å²) in [4.78, 5) is 17.7. The Hall–Kier alpha value is -3.08. The van der Waals surface area contributed by atoms with Gasteiger partial charge in [-0.3, -0.25) is 9.36 Å². The lowest BCUT2D eigenvalue weighted by molar-refractivity contribution is 0.502. The van der Waals surface area contributed by atoms with Crippen LogP contribution in [0.1, 0.15) is 11.1 Å². The third-order valence-corrected chi connectivity index (χ3v) is 7.05. The van der Waals surface area contributed by atoms with E-state index in [1.165, 1.54) is 28.8 Å². The second kappa shape index (κ2) is 9.42. The molecule has 0 atom stereocenters. The number of hydrogen-bond donors (Lipinski definition) is 1. The summed E-state index contributed by atoms with van der Waals surface area (Å²) in [6.45, 7) is 0.263. The summed E-state index contributed by atoms with van der Waals surface area (Å²) in [6, 6.07) is 17.0. The zero-order chi connectivity index (χ0) is 23.6. The molecule has 3 aromatic carbocycles. The first-order valence-corrected chi connectivity index (χ1v) is 12.4. The number of aryl methyl sites for hydroxylation is 1. The molecule has 0 spiro atoms. The first kappa shape index (κ1) is 23.1. The van der Waals surface area contributed by atoms with Crippen molar-refractivity contribution in [3.8, 4) is 0 Å². The molecule has 4 aromatic rings. The molecule has 6 nitrogen and oxygen atoms in total. The van der Waals surface area contributed by atoms with Crippen LogP contribution in [-0.2, 0) is 28.7 Å². The van der Waals surface area contributed by atoms with Gasteiger partial charge in [-0.05, 0) is 42.3 Å². The van der Waals surface area contributed by atoms with Crippen molar-refractivity contribution < 1.29 is 17.2 Å². The number of thioether (sulfide) groups is 1. The summed E-state index contributed by atoms with van der Waals surface area (Å²) in [7, 11) is -3.79. The second-order valence-electron chi connectivity index (χ2n) is 7.31. The molecular weight excluding hydrogens is 468 g/mol. The quantitative estimate of drug-likeness (QED) is 0.316. The Labute approximate surface area is 193 Å². The Morgan fingerprint density at radius 2 is 1.70 bits per heavy atom. The number of hydrogen-bond acceptors (Lipinski definition) is 5. The predicted octanol–water partition coefficient (Wildman–Crippen LogP) is 3.86. The van der Waals surface area contributed by atoms with Gasteiger partial charge in [-0.25, -0.2) is 27.3 Å². The van der Waals surface area contributed by atoms with E-state index in [0.29, 0.717) is 22.5 Å². The summed E-state index contributed by atoms with van der Waals surface area (Å²) in [5, 5.41) is 5.96. The number of nitrogens with zero attached hydrogens (tertiary/aromatic N) is 2. The van der Waals surface area contributed by atoms with E-state index in [9.17, 15) is 22.0 Å². The fraction of sp³-hybridized carbons (Fsp3) is 0.130. The summed E-state index contributed by atoms with van der Waals surface area (Å²) in [6.07, 6.45) is 0.423. The van der Waals surface area contributed by atoms with Crippen LogP contribution in [0.25, 0.3) is 10.9 Å². The third kappa shape index (κ3) is 5.13. The van der Waals surface area contributed by atoms with E-state index >= 15 is 0 Å². The molecule has 33 heavy (non-hydrogen) atoms. The average molecular weight is 488 g/mol. The highest BCUT2D eigenvalue weighted by molar-refractivity contribution is 7.98. The molecule has 0 saturated heterocycles. The van der Waals surface area contributed by atoms with Gasteiger partial charge in [0.25, 0.3) is 5.56 Å². The molecule has 0 saturated carbocycles. The van der Waals surface area contributed by atoms with Crippen LogP contribution >= 0.6 is 11.8 Å². The monoisotopic (exact) mass is 487 g/mol. The van der Waals surface area contributed by atoms with Crippen LogP contribution in [0, 0.1) is 11.6 Å². The Morgan fingerprint density at radius 3 is 2.42 bits per heavy atom. The van der Waals surface area contributed by atoms with Gasteiger partial charge in [0.2, 0.25) is 10.0 Å². The Bertz CT molecular complexity index is 1490. The predicted molar refractivity (Wildman–Crippen MR) is 123 cm³/mol. The van der Waals surface area contributed by atoms with Crippen molar-refractivity contribution in [1.29, 1.82) is 0 Å². The van der Waals surface area contributed by atoms with Crippen LogP contribution in [0.5, 0.6) is 0 Å². The molecule has 0 radical (unpaired) electrons. The number of rotatable bonds is 7. The number of primary sulfonamides is 1. The van der Waals surface area contributed by atoms with Crippen LogP contribution < -0.4 is 10.7 Å². The molecule has 10 heteroatoms. The smallest absolute Gasteiger partial charge is 0.262 e. The van der Waals surface area contributed by atoms with Crippen molar-refractivity contribution in [3.05, 3.63) is 99.8 Å². The largest absolute Gasteiger partial charge is 0.287 e. The third-order valence-electron chi connectivity index (χ3n) is 5.09. The summed E-state index contributed by atoms with van der Waals surface area (Å²) < 4.78 is 52.0. The molecule has 1 heterocycles. The molecule has 0 aliphatic carbocycles. The van der Waals surface area contributed by atoms with Crippen LogP contribution in [0.2, 0.25) is 0 Å². The number of para-hydroxylation sites is 1. The highest BCUT2D eigenvalue weighted by atomic mass is 32.2. The summed E-state index contributed by atoms with van der Waals surface area (Å²) in [5.41, 5.74) is 1.24. The van der Waals surface area contributed by atoms with Crippen molar-refractivity contribution in [2.24, 2.45) is 5.14 Å².